The molecule has 0 unspecified atom stereocenters. The van der Waals surface area contributed by atoms with Gasteiger partial charge in [0.05, 0.1) is 6.54 Å². The molecule has 0 aromatic carbocycles. The minimum atomic E-state index is 0.452. The second-order valence-electron chi connectivity index (χ2n) is 15.5. The number of nitrogens with one attached hydrogen (secondary N) is 1. The summed E-state index contributed by atoms with van der Waals surface area (Å²) in [7, 11) is 0. The number of carbonyl (C=O) groups is 1. The van der Waals surface area contributed by atoms with E-state index >= 15 is 0 Å². The van der Waals surface area contributed by atoms with E-state index in [1.807, 2.05) is 0 Å². The Balaban J connectivity index is 1.49. The van der Waals surface area contributed by atoms with E-state index in [0.717, 1.165) is 36.5 Å². The molecule has 0 amide bonds. The zero-order chi connectivity index (χ0) is 25.3. The lowest BCUT2D eigenvalue weighted by molar-refractivity contribution is -0.236. The van der Waals surface area contributed by atoms with Gasteiger partial charge in [0.1, 0.15) is 6.29 Å². The van der Waals surface area contributed by atoms with Crippen molar-refractivity contribution in [3.63, 3.8) is 0 Å². The molecule has 0 spiro atoms. The van der Waals surface area contributed by atoms with Crippen LogP contribution in [-0.4, -0.2) is 19.4 Å². The van der Waals surface area contributed by atoms with E-state index < -0.39 is 0 Å². The molecule has 5 aliphatic carbocycles. The van der Waals surface area contributed by atoms with Crippen molar-refractivity contribution in [2.24, 2.45) is 56.7 Å². The Hall–Kier alpha value is -0.630. The summed E-state index contributed by atoms with van der Waals surface area (Å²) in [6.45, 7) is 21.8. The van der Waals surface area contributed by atoms with Gasteiger partial charge in [-0.05, 0) is 141 Å². The van der Waals surface area contributed by atoms with Gasteiger partial charge in [-0.15, -0.1) is 0 Å². The molecule has 35 heavy (non-hydrogen) atoms. The van der Waals surface area contributed by atoms with E-state index in [9.17, 15) is 4.79 Å². The van der Waals surface area contributed by atoms with Crippen molar-refractivity contribution >= 4 is 6.29 Å². The summed E-state index contributed by atoms with van der Waals surface area (Å²) in [6.07, 6.45) is 17.9. The van der Waals surface area contributed by atoms with E-state index in [2.05, 4.69) is 53.4 Å². The lowest BCUT2D eigenvalue weighted by Crippen LogP contribution is -2.65. The molecule has 1 N–H and O–H groups in total. The van der Waals surface area contributed by atoms with Gasteiger partial charge >= 0.3 is 0 Å². The number of aldehydes is 1. The summed E-state index contributed by atoms with van der Waals surface area (Å²) in [5, 5.41) is 3.42. The predicted octanol–water partition coefficient (Wildman–Crippen LogP) is 8.21. The molecule has 0 aromatic rings. The number of hydrogen-bond donors (Lipinski definition) is 1. The number of rotatable bonds is 6. The van der Waals surface area contributed by atoms with Crippen LogP contribution in [0.4, 0.5) is 0 Å². The van der Waals surface area contributed by atoms with Gasteiger partial charge in [-0.1, -0.05) is 53.2 Å². The van der Waals surface area contributed by atoms with E-state index in [1.54, 1.807) is 0 Å². The molecular formula is C33H55NO. The topological polar surface area (TPSA) is 29.1 Å². The quantitative estimate of drug-likeness (QED) is 0.235. The van der Waals surface area contributed by atoms with Crippen LogP contribution in [0.5, 0.6) is 0 Å². The van der Waals surface area contributed by atoms with Crippen LogP contribution in [0.1, 0.15) is 119 Å². The lowest BCUT2D eigenvalue weighted by atomic mass is 9.32. The third-order valence-electron chi connectivity index (χ3n) is 14.0. The van der Waals surface area contributed by atoms with Crippen molar-refractivity contribution in [1.29, 1.82) is 0 Å². The maximum Gasteiger partial charge on any atom is 0.133 e. The minimum Gasteiger partial charge on any atom is -0.310 e. The van der Waals surface area contributed by atoms with Gasteiger partial charge in [0.25, 0.3) is 0 Å². The van der Waals surface area contributed by atoms with E-state index in [0.29, 0.717) is 39.5 Å². The molecule has 5 rings (SSSR count). The SMILES string of the molecule is C=C(C)[C@@H]1CC[C@]2(CCNCC=O)CC[C@]3(C)[C@H](CC[C@@H]4[C@@]5(C)CCCC(C)(C)[C@@H]5CC[C@]43C)[C@@H]12. The zero-order valence-corrected chi connectivity index (χ0v) is 24.0. The summed E-state index contributed by atoms with van der Waals surface area (Å²) in [6, 6.07) is 0. The fraction of sp³-hybridized carbons (Fsp3) is 0.909. The molecule has 5 fully saturated rings. The van der Waals surface area contributed by atoms with Crippen LogP contribution in [0, 0.1) is 56.7 Å². The molecule has 2 nitrogen and oxygen atoms in total. The van der Waals surface area contributed by atoms with Crippen LogP contribution < -0.4 is 5.32 Å². The van der Waals surface area contributed by atoms with Crippen LogP contribution >= 0.6 is 0 Å². The number of hydrogen-bond acceptors (Lipinski definition) is 2. The first kappa shape index (κ1) is 26.0. The van der Waals surface area contributed by atoms with Gasteiger partial charge < -0.3 is 10.1 Å². The largest absolute Gasteiger partial charge is 0.310 e. The fourth-order valence-corrected chi connectivity index (χ4v) is 12.3. The van der Waals surface area contributed by atoms with Crippen molar-refractivity contribution in [1.82, 2.24) is 5.32 Å². The molecule has 9 atom stereocenters. The molecule has 0 aromatic heterocycles. The van der Waals surface area contributed by atoms with Crippen LogP contribution in [0.15, 0.2) is 12.2 Å². The third-order valence-corrected chi connectivity index (χ3v) is 14.0. The summed E-state index contributed by atoms with van der Waals surface area (Å²) in [5.74, 6) is 4.13. The highest BCUT2D eigenvalue weighted by atomic mass is 16.1. The lowest BCUT2D eigenvalue weighted by Gasteiger charge is -2.72. The van der Waals surface area contributed by atoms with Gasteiger partial charge in [0.2, 0.25) is 0 Å². The highest BCUT2D eigenvalue weighted by molar-refractivity contribution is 5.51. The second kappa shape index (κ2) is 8.71. The van der Waals surface area contributed by atoms with Crippen LogP contribution in [0.2, 0.25) is 0 Å². The van der Waals surface area contributed by atoms with Crippen molar-refractivity contribution in [3.8, 4) is 0 Å². The Bertz CT molecular complexity index is 846. The average Bonchev–Trinajstić information content (AvgIpc) is 3.17. The second-order valence-corrected chi connectivity index (χ2v) is 15.5. The van der Waals surface area contributed by atoms with Gasteiger partial charge in [0, 0.05) is 0 Å². The van der Waals surface area contributed by atoms with Crippen LogP contribution in [0.25, 0.3) is 0 Å². The molecule has 2 heteroatoms. The van der Waals surface area contributed by atoms with Crippen LogP contribution in [0.3, 0.4) is 0 Å². The Morgan fingerprint density at radius 3 is 2.37 bits per heavy atom. The van der Waals surface area contributed by atoms with Crippen molar-refractivity contribution in [2.45, 2.75) is 119 Å². The normalized spacial score (nSPS) is 50.4. The molecule has 0 saturated heterocycles. The molecule has 5 aliphatic rings. The number of carbonyl (C=O) groups excluding carboxylic acids is 1. The highest BCUT2D eigenvalue weighted by Gasteiger charge is 2.70. The van der Waals surface area contributed by atoms with Gasteiger partial charge in [-0.3, -0.25) is 0 Å². The van der Waals surface area contributed by atoms with Crippen molar-refractivity contribution in [2.75, 3.05) is 13.1 Å². The Morgan fingerprint density at radius 1 is 0.886 bits per heavy atom. The number of fused-ring (bicyclic) bond motifs is 7. The van der Waals surface area contributed by atoms with Gasteiger partial charge in [-0.2, -0.15) is 0 Å². The first-order valence-electron chi connectivity index (χ1n) is 15.2. The maximum absolute atomic E-state index is 10.9. The molecule has 5 saturated carbocycles. The fourth-order valence-electron chi connectivity index (χ4n) is 12.3. The summed E-state index contributed by atoms with van der Waals surface area (Å²) < 4.78 is 0. The van der Waals surface area contributed by atoms with E-state index in [4.69, 9.17) is 0 Å². The Labute approximate surface area is 216 Å². The van der Waals surface area contributed by atoms with Crippen molar-refractivity contribution in [3.05, 3.63) is 12.2 Å². The molecule has 0 radical (unpaired) electrons. The smallest absolute Gasteiger partial charge is 0.133 e. The number of allylic oxidation sites excluding steroid dienone is 1. The summed E-state index contributed by atoms with van der Waals surface area (Å²) in [5.41, 5.74) is 3.87. The van der Waals surface area contributed by atoms with Crippen LogP contribution in [-0.2, 0) is 4.79 Å². The highest BCUT2D eigenvalue weighted by Crippen LogP contribution is 2.77. The van der Waals surface area contributed by atoms with Crippen molar-refractivity contribution < 1.29 is 4.79 Å². The minimum absolute atomic E-state index is 0.452. The molecule has 0 bridgehead atoms. The zero-order valence-electron chi connectivity index (χ0n) is 24.0. The Kier molecular flexibility index (Phi) is 6.47. The third kappa shape index (κ3) is 3.61. The molecule has 198 valence electrons. The van der Waals surface area contributed by atoms with Gasteiger partial charge in [0.15, 0.2) is 0 Å². The molecule has 0 aliphatic heterocycles. The summed E-state index contributed by atoms with van der Waals surface area (Å²) >= 11 is 0. The van der Waals surface area contributed by atoms with E-state index in [1.165, 1.54) is 82.6 Å². The van der Waals surface area contributed by atoms with E-state index in [-0.39, 0.29) is 0 Å². The monoisotopic (exact) mass is 481 g/mol. The molecular weight excluding hydrogens is 426 g/mol. The van der Waals surface area contributed by atoms with Gasteiger partial charge in [-0.25, -0.2) is 0 Å². The summed E-state index contributed by atoms with van der Waals surface area (Å²) in [4.78, 5) is 10.9. The first-order chi connectivity index (χ1) is 16.5. The first-order valence-corrected chi connectivity index (χ1v) is 15.2. The Morgan fingerprint density at radius 2 is 1.66 bits per heavy atom. The predicted molar refractivity (Wildman–Crippen MR) is 147 cm³/mol. The molecule has 0 heterocycles. The average molecular weight is 482 g/mol. The standard InChI is InChI=1S/C33H55NO/c1-23(2)24-11-16-33(19-20-34-21-22-35)18-17-31(6)25(28(24)33)9-10-27-30(5)14-8-13-29(3,4)26(30)12-15-32(27,31)7/h22,24-28,34H,1,8-21H2,2-7H3/t24-,25+,26-,27+,28+,30-,31+,32+,33+/m0/s1. The maximum atomic E-state index is 10.9.